The maximum Gasteiger partial charge on any atom is 0.323 e. The maximum absolute atomic E-state index is 11.0. The van der Waals surface area contributed by atoms with E-state index in [2.05, 4.69) is 18.3 Å². The first kappa shape index (κ1) is 12.2. The third-order valence-corrected chi connectivity index (χ3v) is 3.87. The molecule has 0 amide bonds. The van der Waals surface area contributed by atoms with Gasteiger partial charge in [0.15, 0.2) is 0 Å². The normalized spacial score (nSPS) is 19.1. The van der Waals surface area contributed by atoms with Crippen LogP contribution in [-0.2, 0) is 11.3 Å². The molecule has 100 valence electrons. The van der Waals surface area contributed by atoms with Gasteiger partial charge in [-0.15, -0.1) is 0 Å². The van der Waals surface area contributed by atoms with Crippen molar-refractivity contribution >= 4 is 16.9 Å². The number of aryl methyl sites for hydroxylation is 1. The van der Waals surface area contributed by atoms with E-state index < -0.39 is 5.97 Å². The Morgan fingerprint density at radius 1 is 1.53 bits per heavy atom. The van der Waals surface area contributed by atoms with Gasteiger partial charge in [-0.1, -0.05) is 11.6 Å². The number of nitrogens with one attached hydrogen (secondary N) is 1. The van der Waals surface area contributed by atoms with Gasteiger partial charge in [-0.2, -0.15) is 0 Å². The number of hydrogen-bond donors (Lipinski definition) is 2. The molecular weight excluding hydrogens is 240 g/mol. The Morgan fingerprint density at radius 3 is 3.05 bits per heavy atom. The van der Waals surface area contributed by atoms with Crippen LogP contribution in [0.25, 0.3) is 10.9 Å². The highest BCUT2D eigenvalue weighted by Crippen LogP contribution is 2.31. The van der Waals surface area contributed by atoms with E-state index in [1.165, 1.54) is 16.5 Å². The Labute approximate surface area is 112 Å². The molecule has 1 saturated heterocycles. The highest BCUT2D eigenvalue weighted by Gasteiger charge is 2.21. The van der Waals surface area contributed by atoms with Crippen molar-refractivity contribution in [1.29, 1.82) is 0 Å². The van der Waals surface area contributed by atoms with Crippen LogP contribution in [0, 0.1) is 6.92 Å². The number of carboxylic acid groups (broad SMARTS) is 1. The average Bonchev–Trinajstić information content (AvgIpc) is 2.96. The van der Waals surface area contributed by atoms with Gasteiger partial charge in [0.25, 0.3) is 0 Å². The first-order valence-corrected chi connectivity index (χ1v) is 6.67. The number of nitrogens with zero attached hydrogens (tertiary/aromatic N) is 1. The predicted molar refractivity (Wildman–Crippen MR) is 74.5 cm³/mol. The maximum atomic E-state index is 11.0. The summed E-state index contributed by atoms with van der Waals surface area (Å²) < 4.78 is 1.85. The summed E-state index contributed by atoms with van der Waals surface area (Å²) in [6.07, 6.45) is 3.15. The molecule has 1 fully saturated rings. The van der Waals surface area contributed by atoms with E-state index in [4.69, 9.17) is 5.11 Å². The molecule has 2 heterocycles. The number of benzene rings is 1. The van der Waals surface area contributed by atoms with Crippen molar-refractivity contribution in [2.45, 2.75) is 25.8 Å². The Kier molecular flexibility index (Phi) is 3.03. The van der Waals surface area contributed by atoms with Crippen LogP contribution in [0.5, 0.6) is 0 Å². The molecule has 1 aromatic carbocycles. The van der Waals surface area contributed by atoms with Crippen molar-refractivity contribution < 1.29 is 9.90 Å². The number of aromatic nitrogens is 1. The van der Waals surface area contributed by atoms with E-state index >= 15 is 0 Å². The first-order chi connectivity index (χ1) is 9.15. The van der Waals surface area contributed by atoms with E-state index in [1.54, 1.807) is 0 Å². The largest absolute Gasteiger partial charge is 0.480 e. The Morgan fingerprint density at radius 2 is 2.37 bits per heavy atom. The van der Waals surface area contributed by atoms with Gasteiger partial charge in [-0.05, 0) is 43.5 Å². The molecular formula is C15H18N2O2. The lowest BCUT2D eigenvalue weighted by Crippen LogP contribution is -2.08. The first-order valence-electron chi connectivity index (χ1n) is 6.67. The van der Waals surface area contributed by atoms with Gasteiger partial charge in [0, 0.05) is 23.6 Å². The van der Waals surface area contributed by atoms with Gasteiger partial charge >= 0.3 is 5.97 Å². The summed E-state index contributed by atoms with van der Waals surface area (Å²) in [5.41, 5.74) is 3.52. The number of carboxylic acids is 1. The lowest BCUT2D eigenvalue weighted by molar-refractivity contribution is -0.137. The Hall–Kier alpha value is -1.81. The third kappa shape index (κ3) is 2.24. The fourth-order valence-corrected chi connectivity index (χ4v) is 2.96. The van der Waals surface area contributed by atoms with Gasteiger partial charge in [-0.3, -0.25) is 4.79 Å². The minimum atomic E-state index is -0.798. The minimum Gasteiger partial charge on any atom is -0.480 e. The average molecular weight is 258 g/mol. The topological polar surface area (TPSA) is 54.3 Å². The smallest absolute Gasteiger partial charge is 0.323 e. The lowest BCUT2D eigenvalue weighted by Gasteiger charge is -2.06. The summed E-state index contributed by atoms with van der Waals surface area (Å²) in [5.74, 6) is -0.298. The van der Waals surface area contributed by atoms with Gasteiger partial charge in [0.2, 0.25) is 0 Å². The van der Waals surface area contributed by atoms with E-state index in [0.29, 0.717) is 5.92 Å². The molecule has 0 saturated carbocycles. The third-order valence-electron chi connectivity index (χ3n) is 3.87. The monoisotopic (exact) mass is 258 g/mol. The van der Waals surface area contributed by atoms with Crippen molar-refractivity contribution in [2.24, 2.45) is 0 Å². The van der Waals surface area contributed by atoms with Crippen molar-refractivity contribution in [3.8, 4) is 0 Å². The SMILES string of the molecule is Cc1ccc2c(c1)c(C1CCNC1)cn2CC(=O)O. The summed E-state index contributed by atoms with van der Waals surface area (Å²) in [7, 11) is 0. The second kappa shape index (κ2) is 4.70. The van der Waals surface area contributed by atoms with Gasteiger partial charge in [0.1, 0.15) is 6.54 Å². The minimum absolute atomic E-state index is 0.0275. The standard InChI is InChI=1S/C15H18N2O2/c1-10-2-3-14-12(6-10)13(11-4-5-16-7-11)8-17(14)9-15(18)19/h2-3,6,8,11,16H,4-5,7,9H2,1H3,(H,18,19). The number of hydrogen-bond acceptors (Lipinski definition) is 2. The molecule has 4 heteroatoms. The van der Waals surface area contributed by atoms with Crippen molar-refractivity contribution in [3.63, 3.8) is 0 Å². The number of carbonyl (C=O) groups is 1. The van der Waals surface area contributed by atoms with E-state index in [9.17, 15) is 4.79 Å². The van der Waals surface area contributed by atoms with Gasteiger partial charge in [-0.25, -0.2) is 0 Å². The second-order valence-electron chi connectivity index (χ2n) is 5.32. The summed E-state index contributed by atoms with van der Waals surface area (Å²) in [6.45, 7) is 4.13. The molecule has 1 atom stereocenters. The zero-order chi connectivity index (χ0) is 13.4. The fourth-order valence-electron chi connectivity index (χ4n) is 2.96. The molecule has 4 nitrogen and oxygen atoms in total. The summed E-state index contributed by atoms with van der Waals surface area (Å²) >= 11 is 0. The van der Waals surface area contributed by atoms with E-state index in [1.807, 2.05) is 22.9 Å². The molecule has 2 N–H and O–H groups in total. The van der Waals surface area contributed by atoms with E-state index in [-0.39, 0.29) is 6.54 Å². The number of fused-ring (bicyclic) bond motifs is 1. The van der Waals surface area contributed by atoms with E-state index in [0.717, 1.165) is 25.0 Å². The molecule has 3 rings (SSSR count). The zero-order valence-electron chi connectivity index (χ0n) is 11.0. The molecule has 1 unspecified atom stereocenters. The van der Waals surface area contributed by atoms with Crippen LogP contribution in [0.3, 0.4) is 0 Å². The highest BCUT2D eigenvalue weighted by atomic mass is 16.4. The Bertz CT molecular complexity index is 624. The molecule has 19 heavy (non-hydrogen) atoms. The van der Waals surface area contributed by atoms with Crippen molar-refractivity contribution in [2.75, 3.05) is 13.1 Å². The molecule has 0 bridgehead atoms. The number of aliphatic carboxylic acids is 1. The van der Waals surface area contributed by atoms with Crippen LogP contribution in [0.1, 0.15) is 23.5 Å². The van der Waals surface area contributed by atoms with Crippen LogP contribution in [0.15, 0.2) is 24.4 Å². The van der Waals surface area contributed by atoms with Crippen LogP contribution in [0.2, 0.25) is 0 Å². The molecule has 0 spiro atoms. The molecule has 1 aromatic heterocycles. The second-order valence-corrected chi connectivity index (χ2v) is 5.32. The van der Waals surface area contributed by atoms with Gasteiger partial charge < -0.3 is 15.0 Å². The molecule has 1 aliphatic rings. The Balaban J connectivity index is 2.14. The zero-order valence-corrected chi connectivity index (χ0v) is 11.0. The predicted octanol–water partition coefficient (Wildman–Crippen LogP) is 2.11. The molecule has 0 radical (unpaired) electrons. The summed E-state index contributed by atoms with van der Waals surface area (Å²) in [4.78, 5) is 11.0. The van der Waals surface area contributed by atoms with Crippen LogP contribution in [-0.4, -0.2) is 28.7 Å². The van der Waals surface area contributed by atoms with Crippen LogP contribution < -0.4 is 5.32 Å². The van der Waals surface area contributed by atoms with Crippen LogP contribution >= 0.6 is 0 Å². The fraction of sp³-hybridized carbons (Fsp3) is 0.400. The quantitative estimate of drug-likeness (QED) is 0.886. The number of rotatable bonds is 3. The molecule has 2 aromatic rings. The summed E-state index contributed by atoms with van der Waals surface area (Å²) in [5, 5.41) is 13.6. The van der Waals surface area contributed by atoms with Crippen molar-refractivity contribution in [3.05, 3.63) is 35.5 Å². The van der Waals surface area contributed by atoms with Gasteiger partial charge in [0.05, 0.1) is 0 Å². The van der Waals surface area contributed by atoms with Crippen molar-refractivity contribution in [1.82, 2.24) is 9.88 Å². The lowest BCUT2D eigenvalue weighted by atomic mass is 9.97. The molecule has 1 aliphatic heterocycles. The molecule has 0 aliphatic carbocycles. The highest BCUT2D eigenvalue weighted by molar-refractivity contribution is 5.86. The summed E-state index contributed by atoms with van der Waals surface area (Å²) in [6, 6.07) is 6.23. The van der Waals surface area contributed by atoms with Crippen LogP contribution in [0.4, 0.5) is 0 Å².